The summed E-state index contributed by atoms with van der Waals surface area (Å²) >= 11 is 0. The lowest BCUT2D eigenvalue weighted by Crippen LogP contribution is -2.26. The molecule has 0 unspecified atom stereocenters. The summed E-state index contributed by atoms with van der Waals surface area (Å²) < 4.78 is 19.2. The predicted octanol–water partition coefficient (Wildman–Crippen LogP) is 5.35. The average Bonchev–Trinajstić information content (AvgIpc) is 3.07. The molecule has 0 heterocycles. The lowest BCUT2D eigenvalue weighted by atomic mass is 9.98. The summed E-state index contributed by atoms with van der Waals surface area (Å²) in [5, 5.41) is 2.74. The fraction of sp³-hybridized carbons (Fsp3) is 0.160. The third kappa shape index (κ3) is 4.20. The highest BCUT2D eigenvalue weighted by atomic mass is 19.1. The van der Waals surface area contributed by atoms with Crippen molar-refractivity contribution in [1.82, 2.24) is 5.32 Å². The second-order valence-corrected chi connectivity index (χ2v) is 7.22. The summed E-state index contributed by atoms with van der Waals surface area (Å²) in [5.41, 5.74) is 11.1. The number of nitrogens with one attached hydrogen (secondary N) is 1. The number of fused-ring (bicyclic) bond motifs is 3. The highest BCUT2D eigenvalue weighted by molar-refractivity contribution is 5.79. The fourth-order valence-electron chi connectivity index (χ4n) is 3.80. The maximum absolute atomic E-state index is 13.7. The first-order valence-corrected chi connectivity index (χ1v) is 9.94. The smallest absolute Gasteiger partial charge is 0.407 e. The minimum absolute atomic E-state index is 0.0385. The highest BCUT2D eigenvalue weighted by Crippen LogP contribution is 2.44. The van der Waals surface area contributed by atoms with E-state index >= 15 is 0 Å². The summed E-state index contributed by atoms with van der Waals surface area (Å²) in [6.45, 7) is 0.691. The molecule has 0 saturated heterocycles. The highest BCUT2D eigenvalue weighted by Gasteiger charge is 2.28. The van der Waals surface area contributed by atoms with Crippen LogP contribution in [-0.2, 0) is 4.74 Å². The molecule has 0 fully saturated rings. The standard InChI is InChI=1S/C25H23FN2O2/c26-24-15-18(27)13-12-17(24)7-5-6-14-28-25(29)30-16-23-21-10-3-1-8-19(21)20-9-2-4-11-22(20)23/h1-5,7-13,15,23H,6,14,16,27H2,(H,28,29). The molecule has 0 atom stereocenters. The van der Waals surface area contributed by atoms with E-state index in [0.717, 1.165) is 0 Å². The van der Waals surface area contributed by atoms with E-state index in [1.165, 1.54) is 28.3 Å². The number of rotatable bonds is 6. The Morgan fingerprint density at radius 1 is 1.03 bits per heavy atom. The second kappa shape index (κ2) is 8.82. The molecule has 1 amide bonds. The van der Waals surface area contributed by atoms with Gasteiger partial charge in [-0.15, -0.1) is 0 Å². The van der Waals surface area contributed by atoms with Crippen LogP contribution in [0.5, 0.6) is 0 Å². The molecule has 1 aliphatic rings. The van der Waals surface area contributed by atoms with Gasteiger partial charge in [0.15, 0.2) is 0 Å². The van der Waals surface area contributed by atoms with Gasteiger partial charge in [-0.05, 0) is 40.8 Å². The zero-order chi connectivity index (χ0) is 20.9. The van der Waals surface area contributed by atoms with Crippen LogP contribution in [-0.4, -0.2) is 19.2 Å². The van der Waals surface area contributed by atoms with Gasteiger partial charge in [0.25, 0.3) is 0 Å². The Labute approximate surface area is 175 Å². The number of amides is 1. The van der Waals surface area contributed by atoms with Crippen LogP contribution in [0.25, 0.3) is 17.2 Å². The summed E-state index contributed by atoms with van der Waals surface area (Å²) in [5.74, 6) is -0.327. The summed E-state index contributed by atoms with van der Waals surface area (Å²) in [7, 11) is 0. The van der Waals surface area contributed by atoms with E-state index < -0.39 is 6.09 Å². The Balaban J connectivity index is 1.28. The molecule has 4 rings (SSSR count). The first kappa shape index (κ1) is 19.7. The van der Waals surface area contributed by atoms with Gasteiger partial charge in [-0.25, -0.2) is 9.18 Å². The van der Waals surface area contributed by atoms with Gasteiger partial charge in [-0.2, -0.15) is 0 Å². The van der Waals surface area contributed by atoms with Gasteiger partial charge >= 0.3 is 6.09 Å². The van der Waals surface area contributed by atoms with Crippen LogP contribution in [0.2, 0.25) is 0 Å². The monoisotopic (exact) mass is 402 g/mol. The molecule has 0 saturated carbocycles. The van der Waals surface area contributed by atoms with E-state index in [9.17, 15) is 9.18 Å². The number of ether oxygens (including phenoxy) is 1. The van der Waals surface area contributed by atoms with Crippen LogP contribution in [0.1, 0.15) is 29.0 Å². The maximum Gasteiger partial charge on any atom is 0.407 e. The van der Waals surface area contributed by atoms with Gasteiger partial charge in [0.2, 0.25) is 0 Å². The maximum atomic E-state index is 13.7. The van der Waals surface area contributed by atoms with Crippen LogP contribution in [0, 0.1) is 5.82 Å². The first-order chi connectivity index (χ1) is 14.6. The van der Waals surface area contributed by atoms with E-state index in [4.69, 9.17) is 10.5 Å². The third-order valence-corrected chi connectivity index (χ3v) is 5.25. The number of carbonyl (C=O) groups is 1. The number of hydrogen-bond acceptors (Lipinski definition) is 3. The Kier molecular flexibility index (Phi) is 5.80. The van der Waals surface area contributed by atoms with Crippen LogP contribution in [0.3, 0.4) is 0 Å². The molecule has 3 N–H and O–H groups in total. The van der Waals surface area contributed by atoms with Gasteiger partial charge in [0, 0.05) is 23.7 Å². The molecule has 0 aromatic heterocycles. The predicted molar refractivity (Wildman–Crippen MR) is 118 cm³/mol. The molecule has 0 spiro atoms. The largest absolute Gasteiger partial charge is 0.449 e. The van der Waals surface area contributed by atoms with Crippen molar-refractivity contribution in [3.63, 3.8) is 0 Å². The number of anilines is 1. The Hall–Kier alpha value is -3.60. The Bertz CT molecular complexity index is 1050. The van der Waals surface area contributed by atoms with Gasteiger partial charge in [0.05, 0.1) is 0 Å². The van der Waals surface area contributed by atoms with Crippen molar-refractivity contribution in [1.29, 1.82) is 0 Å². The van der Waals surface area contributed by atoms with Gasteiger partial charge in [0.1, 0.15) is 12.4 Å². The molecule has 4 nitrogen and oxygen atoms in total. The van der Waals surface area contributed by atoms with Gasteiger partial charge in [-0.3, -0.25) is 0 Å². The number of carbonyl (C=O) groups excluding carboxylic acids is 1. The summed E-state index contributed by atoms with van der Waals surface area (Å²) in [4.78, 5) is 12.1. The Morgan fingerprint density at radius 2 is 1.70 bits per heavy atom. The molecule has 1 aliphatic carbocycles. The van der Waals surface area contributed by atoms with Crippen molar-refractivity contribution < 1.29 is 13.9 Å². The molecule has 0 bridgehead atoms. The van der Waals surface area contributed by atoms with E-state index in [2.05, 4.69) is 29.6 Å². The molecule has 0 radical (unpaired) electrons. The number of nitrogen functional groups attached to an aromatic ring is 1. The molecule has 5 heteroatoms. The number of nitrogens with two attached hydrogens (primary N) is 1. The van der Waals surface area contributed by atoms with E-state index in [1.54, 1.807) is 24.3 Å². The normalized spacial score (nSPS) is 12.6. The van der Waals surface area contributed by atoms with Crippen molar-refractivity contribution in [2.45, 2.75) is 12.3 Å². The lowest BCUT2D eigenvalue weighted by Gasteiger charge is -2.14. The number of halogens is 1. The molecular formula is C25H23FN2O2. The van der Waals surface area contributed by atoms with Crippen LogP contribution in [0.15, 0.2) is 72.8 Å². The minimum Gasteiger partial charge on any atom is -0.449 e. The number of hydrogen-bond donors (Lipinski definition) is 2. The molecule has 3 aromatic carbocycles. The molecule has 0 aliphatic heterocycles. The zero-order valence-corrected chi connectivity index (χ0v) is 16.5. The minimum atomic E-state index is -0.455. The van der Waals surface area contributed by atoms with Crippen LogP contribution in [0.4, 0.5) is 14.9 Å². The molecular weight excluding hydrogens is 379 g/mol. The second-order valence-electron chi connectivity index (χ2n) is 7.22. The van der Waals surface area contributed by atoms with Crippen molar-refractivity contribution in [3.8, 4) is 11.1 Å². The third-order valence-electron chi connectivity index (χ3n) is 5.25. The Morgan fingerprint density at radius 3 is 2.37 bits per heavy atom. The zero-order valence-electron chi connectivity index (χ0n) is 16.5. The topological polar surface area (TPSA) is 64.3 Å². The summed E-state index contributed by atoms with van der Waals surface area (Å²) in [6.07, 6.45) is 3.59. The number of alkyl carbamates (subject to hydrolysis) is 1. The summed E-state index contributed by atoms with van der Waals surface area (Å²) in [6, 6.07) is 21.0. The van der Waals surface area contributed by atoms with Crippen LogP contribution < -0.4 is 11.1 Å². The average molecular weight is 402 g/mol. The van der Waals surface area contributed by atoms with Crippen molar-refractivity contribution in [2.24, 2.45) is 0 Å². The number of benzene rings is 3. The van der Waals surface area contributed by atoms with E-state index in [-0.39, 0.29) is 18.3 Å². The van der Waals surface area contributed by atoms with E-state index in [1.807, 2.05) is 24.3 Å². The molecule has 30 heavy (non-hydrogen) atoms. The fourth-order valence-corrected chi connectivity index (χ4v) is 3.80. The molecule has 152 valence electrons. The van der Waals surface area contributed by atoms with Crippen molar-refractivity contribution in [3.05, 3.63) is 95.3 Å². The molecule has 3 aromatic rings. The van der Waals surface area contributed by atoms with Crippen LogP contribution >= 0.6 is 0 Å². The van der Waals surface area contributed by atoms with Gasteiger partial charge < -0.3 is 15.8 Å². The van der Waals surface area contributed by atoms with Crippen molar-refractivity contribution >= 4 is 17.9 Å². The lowest BCUT2D eigenvalue weighted by molar-refractivity contribution is 0.143. The van der Waals surface area contributed by atoms with E-state index in [0.29, 0.717) is 24.2 Å². The van der Waals surface area contributed by atoms with Crippen molar-refractivity contribution in [2.75, 3.05) is 18.9 Å². The first-order valence-electron chi connectivity index (χ1n) is 9.94. The quantitative estimate of drug-likeness (QED) is 0.431. The van der Waals surface area contributed by atoms with Gasteiger partial charge in [-0.1, -0.05) is 66.7 Å². The SMILES string of the molecule is Nc1ccc(C=CCCNC(=O)OCC2c3ccccc3-c3ccccc32)c(F)c1.